The minimum absolute atomic E-state index is 0. The van der Waals surface area contributed by atoms with Crippen LogP contribution in [0, 0.1) is 0 Å². The third-order valence-corrected chi connectivity index (χ3v) is 3.46. The van der Waals surface area contributed by atoms with Crippen LogP contribution >= 0.6 is 24.0 Å². The molecule has 1 aromatic rings. The second-order valence-corrected chi connectivity index (χ2v) is 5.46. The summed E-state index contributed by atoms with van der Waals surface area (Å²) in [4.78, 5) is 0. The first-order valence-electron chi connectivity index (χ1n) is 5.17. The van der Waals surface area contributed by atoms with Crippen LogP contribution in [0.5, 0.6) is 0 Å². The van der Waals surface area contributed by atoms with Gasteiger partial charge in [0.25, 0.3) is 0 Å². The van der Waals surface area contributed by atoms with Crippen LogP contribution in [0.15, 0.2) is 29.7 Å². The van der Waals surface area contributed by atoms with E-state index in [1.807, 2.05) is 0 Å². The summed E-state index contributed by atoms with van der Waals surface area (Å²) < 4.78 is 25.4. The molecule has 0 aliphatic carbocycles. The number of benzene rings is 1. The first-order valence-corrected chi connectivity index (χ1v) is 7.10. The van der Waals surface area contributed by atoms with E-state index < -0.39 is 10.0 Å². The van der Waals surface area contributed by atoms with Gasteiger partial charge in [0.2, 0.25) is 10.0 Å². The smallest absolute Gasteiger partial charge is 0.233 e. The highest BCUT2D eigenvalue weighted by Gasteiger charge is 2.03. The Hall–Kier alpha value is -0.590. The quantitative estimate of drug-likeness (QED) is 0.789. The summed E-state index contributed by atoms with van der Waals surface area (Å²) in [5.74, 6) is 0. The van der Waals surface area contributed by atoms with Crippen molar-refractivity contribution in [3.63, 3.8) is 0 Å². The van der Waals surface area contributed by atoms with Gasteiger partial charge in [-0.05, 0) is 30.7 Å². The van der Waals surface area contributed by atoms with Gasteiger partial charge in [-0.2, -0.15) is 0 Å². The second-order valence-electron chi connectivity index (χ2n) is 3.41. The van der Waals surface area contributed by atoms with Gasteiger partial charge >= 0.3 is 0 Å². The van der Waals surface area contributed by atoms with Crippen molar-refractivity contribution < 1.29 is 8.42 Å². The lowest BCUT2D eigenvalue weighted by Crippen LogP contribution is -2.24. The first-order chi connectivity index (χ1) is 8.05. The zero-order valence-electron chi connectivity index (χ0n) is 9.67. The molecule has 4 nitrogen and oxygen atoms in total. The average molecular weight is 311 g/mol. The molecule has 0 bridgehead atoms. The lowest BCUT2D eigenvalue weighted by Gasteiger charge is -2.01. The van der Waals surface area contributed by atoms with E-state index in [-0.39, 0.29) is 12.4 Å². The molecule has 0 saturated heterocycles. The molecule has 0 heterocycles. The number of halogens is 2. The summed E-state index contributed by atoms with van der Waals surface area (Å²) in [5, 5.41) is 1.62. The van der Waals surface area contributed by atoms with E-state index in [0.29, 0.717) is 30.1 Å². The maximum atomic E-state index is 11.5. The number of sulfonamides is 1. The lowest BCUT2D eigenvalue weighted by molar-refractivity contribution is 0.589. The Morgan fingerprint density at radius 2 is 2.00 bits per heavy atom. The molecule has 0 unspecified atom stereocenters. The van der Waals surface area contributed by atoms with Gasteiger partial charge in [-0.25, -0.2) is 13.1 Å². The molecule has 7 heteroatoms. The third kappa shape index (κ3) is 6.37. The van der Waals surface area contributed by atoms with Crippen LogP contribution in [0.1, 0.15) is 12.0 Å². The fraction of sp³-hybridized carbons (Fsp3) is 0.273. The van der Waals surface area contributed by atoms with Crippen LogP contribution in [0.25, 0.3) is 6.08 Å². The molecule has 0 amide bonds. The molecule has 0 aromatic heterocycles. The minimum Gasteiger partial charge on any atom is -0.330 e. The van der Waals surface area contributed by atoms with Crippen LogP contribution in [0.2, 0.25) is 5.02 Å². The van der Waals surface area contributed by atoms with E-state index in [0.717, 1.165) is 5.41 Å². The van der Waals surface area contributed by atoms with Crippen molar-refractivity contribution in [2.45, 2.75) is 6.42 Å². The van der Waals surface area contributed by atoms with Gasteiger partial charge in [-0.15, -0.1) is 12.4 Å². The van der Waals surface area contributed by atoms with E-state index in [2.05, 4.69) is 4.72 Å². The van der Waals surface area contributed by atoms with Crippen LogP contribution in [-0.2, 0) is 10.0 Å². The molecule has 0 radical (unpaired) electrons. The van der Waals surface area contributed by atoms with Crippen molar-refractivity contribution in [2.24, 2.45) is 5.73 Å². The first kappa shape index (κ1) is 17.4. The zero-order valence-corrected chi connectivity index (χ0v) is 12.1. The van der Waals surface area contributed by atoms with Crippen LogP contribution in [0.4, 0.5) is 0 Å². The fourth-order valence-electron chi connectivity index (χ4n) is 1.14. The summed E-state index contributed by atoms with van der Waals surface area (Å²) in [6.45, 7) is 0.794. The van der Waals surface area contributed by atoms with Gasteiger partial charge in [-0.3, -0.25) is 0 Å². The largest absolute Gasteiger partial charge is 0.330 e. The maximum Gasteiger partial charge on any atom is 0.233 e. The maximum absolute atomic E-state index is 11.5. The molecule has 1 rings (SSSR count). The third-order valence-electron chi connectivity index (χ3n) is 2.02. The zero-order chi connectivity index (χ0) is 12.7. The van der Waals surface area contributed by atoms with Crippen molar-refractivity contribution in [1.82, 2.24) is 4.72 Å². The Bertz CT molecular complexity index is 490. The number of hydrogen-bond donors (Lipinski definition) is 2. The van der Waals surface area contributed by atoms with E-state index in [4.69, 9.17) is 17.3 Å². The predicted molar refractivity (Wildman–Crippen MR) is 78.3 cm³/mol. The number of hydrogen-bond acceptors (Lipinski definition) is 3. The average Bonchev–Trinajstić information content (AvgIpc) is 2.28. The SMILES string of the molecule is Cl.NCCCNS(=O)(=O)/C=C/c1ccccc1Cl. The minimum atomic E-state index is -3.41. The molecule has 0 fully saturated rings. The van der Waals surface area contributed by atoms with Crippen molar-refractivity contribution in [3.05, 3.63) is 40.3 Å². The predicted octanol–water partition coefficient (Wildman–Crippen LogP) is 2.00. The summed E-state index contributed by atoms with van der Waals surface area (Å²) in [7, 11) is -3.41. The van der Waals surface area contributed by atoms with Crippen molar-refractivity contribution in [3.8, 4) is 0 Å². The Morgan fingerprint density at radius 3 is 2.61 bits per heavy atom. The summed E-state index contributed by atoms with van der Waals surface area (Å²) in [5.41, 5.74) is 5.94. The standard InChI is InChI=1S/C11H15ClN2O2S.ClH/c12-11-5-2-1-4-10(11)6-9-17(15,16)14-8-3-7-13;/h1-2,4-6,9,14H,3,7-8,13H2;1H/b9-6+;. The normalized spacial score (nSPS) is 11.4. The van der Waals surface area contributed by atoms with Crippen molar-refractivity contribution in [2.75, 3.05) is 13.1 Å². The molecule has 3 N–H and O–H groups in total. The number of nitrogens with one attached hydrogen (secondary N) is 1. The molecule has 0 aliphatic heterocycles. The van der Waals surface area contributed by atoms with Gasteiger partial charge in [-0.1, -0.05) is 29.8 Å². The Labute approximate surface area is 119 Å². The summed E-state index contributed by atoms with van der Waals surface area (Å²) >= 11 is 5.90. The molecule has 0 aliphatic rings. The van der Waals surface area contributed by atoms with E-state index in [9.17, 15) is 8.42 Å². The molecular formula is C11H16Cl2N2O2S. The van der Waals surface area contributed by atoms with E-state index >= 15 is 0 Å². The van der Waals surface area contributed by atoms with E-state index in [1.165, 1.54) is 6.08 Å². The molecule has 0 atom stereocenters. The van der Waals surface area contributed by atoms with Gasteiger partial charge in [0.05, 0.1) is 0 Å². The van der Waals surface area contributed by atoms with Crippen LogP contribution in [-0.4, -0.2) is 21.5 Å². The van der Waals surface area contributed by atoms with Crippen LogP contribution in [0.3, 0.4) is 0 Å². The Morgan fingerprint density at radius 1 is 1.33 bits per heavy atom. The van der Waals surface area contributed by atoms with Gasteiger partial charge in [0.15, 0.2) is 0 Å². The molecule has 0 spiro atoms. The van der Waals surface area contributed by atoms with Crippen molar-refractivity contribution >= 4 is 40.1 Å². The van der Waals surface area contributed by atoms with Gasteiger partial charge < -0.3 is 5.73 Å². The molecule has 18 heavy (non-hydrogen) atoms. The monoisotopic (exact) mass is 310 g/mol. The van der Waals surface area contributed by atoms with Gasteiger partial charge in [0, 0.05) is 17.0 Å². The van der Waals surface area contributed by atoms with Crippen molar-refractivity contribution in [1.29, 1.82) is 0 Å². The van der Waals surface area contributed by atoms with E-state index in [1.54, 1.807) is 24.3 Å². The highest BCUT2D eigenvalue weighted by atomic mass is 35.5. The number of rotatable bonds is 6. The van der Waals surface area contributed by atoms with Crippen LogP contribution < -0.4 is 10.5 Å². The molecule has 0 saturated carbocycles. The molecule has 102 valence electrons. The number of nitrogens with two attached hydrogens (primary N) is 1. The molecule has 1 aromatic carbocycles. The van der Waals surface area contributed by atoms with Gasteiger partial charge in [0.1, 0.15) is 0 Å². The summed E-state index contributed by atoms with van der Waals surface area (Å²) in [6, 6.07) is 7.03. The molecular weight excluding hydrogens is 295 g/mol. The highest BCUT2D eigenvalue weighted by Crippen LogP contribution is 2.16. The lowest BCUT2D eigenvalue weighted by atomic mass is 10.2. The topological polar surface area (TPSA) is 72.2 Å². The Kier molecular flexibility index (Phi) is 8.22. The highest BCUT2D eigenvalue weighted by molar-refractivity contribution is 7.92. The second kappa shape index (κ2) is 8.50. The fourth-order valence-corrected chi connectivity index (χ4v) is 2.19. The summed E-state index contributed by atoms with van der Waals surface area (Å²) in [6.07, 6.45) is 2.08. The Balaban J connectivity index is 0.00000289.